The van der Waals surface area contributed by atoms with Crippen LogP contribution in [-0.2, 0) is 14.3 Å². The summed E-state index contributed by atoms with van der Waals surface area (Å²) >= 11 is 0. The minimum atomic E-state index is -5.08. The number of phenolic OH excluding ortho intramolecular Hbond substituents is 1. The van der Waals surface area contributed by atoms with Gasteiger partial charge >= 0.3 is 18.1 Å². The quantitative estimate of drug-likeness (QED) is 0.235. The molecule has 0 unspecified atom stereocenters. The molecule has 34 heavy (non-hydrogen) atoms. The molecule has 2 aromatic rings. The molecule has 0 amide bonds. The van der Waals surface area contributed by atoms with E-state index in [0.29, 0.717) is 24.2 Å². The standard InChI is InChI=1S/C20H20N2O5.C2HF3O2/c1-11(21)20(26)27-10-4-9-22-14-7-8-15(23)17-16(14)18(24)12-5-2-3-6-13(12)19(17)25;3-2(4,5)1(6)7/h2-3,5-8,11,22-23H,4,9-10,21H2,1H3;(H,6,7)/t11-;/m0./s1. The average molecular weight is 482 g/mol. The Labute approximate surface area is 191 Å². The molecule has 182 valence electrons. The topological polar surface area (TPSA) is 156 Å². The number of carbonyl (C=O) groups excluding carboxylic acids is 3. The number of anilines is 1. The number of aliphatic carboxylic acids is 1. The fourth-order valence-corrected chi connectivity index (χ4v) is 2.95. The molecule has 9 nitrogen and oxygen atoms in total. The predicted molar refractivity (Wildman–Crippen MR) is 113 cm³/mol. The van der Waals surface area contributed by atoms with E-state index in [4.69, 9.17) is 20.4 Å². The normalized spacial score (nSPS) is 13.1. The maximum Gasteiger partial charge on any atom is 0.490 e. The molecule has 0 radical (unpaired) electrons. The second-order valence-corrected chi connectivity index (χ2v) is 7.13. The molecule has 0 aromatic heterocycles. The zero-order valence-corrected chi connectivity index (χ0v) is 17.8. The number of ketones is 2. The molecule has 0 saturated carbocycles. The number of aromatic hydroxyl groups is 1. The van der Waals surface area contributed by atoms with Crippen molar-refractivity contribution < 1.29 is 47.3 Å². The molecule has 1 aliphatic rings. The van der Waals surface area contributed by atoms with Crippen molar-refractivity contribution in [2.75, 3.05) is 18.5 Å². The Balaban J connectivity index is 0.000000509. The summed E-state index contributed by atoms with van der Waals surface area (Å²) in [5.41, 5.74) is 6.63. The fraction of sp³-hybridized carbons (Fsp3) is 0.273. The first-order chi connectivity index (χ1) is 15.9. The first kappa shape index (κ1) is 26.3. The van der Waals surface area contributed by atoms with Crippen LogP contribution in [0.1, 0.15) is 45.2 Å². The third-order valence-electron chi connectivity index (χ3n) is 4.55. The molecule has 0 aliphatic heterocycles. The van der Waals surface area contributed by atoms with Crippen LogP contribution in [0.5, 0.6) is 5.75 Å². The molecule has 0 saturated heterocycles. The molecule has 0 fully saturated rings. The fourth-order valence-electron chi connectivity index (χ4n) is 2.95. The Morgan fingerprint density at radius 3 is 2.09 bits per heavy atom. The number of benzene rings is 2. The first-order valence-corrected chi connectivity index (χ1v) is 9.86. The van der Waals surface area contributed by atoms with Gasteiger partial charge in [-0.2, -0.15) is 13.2 Å². The van der Waals surface area contributed by atoms with Crippen molar-refractivity contribution >= 4 is 29.2 Å². The number of nitrogens with one attached hydrogen (secondary N) is 1. The summed E-state index contributed by atoms with van der Waals surface area (Å²) in [6.45, 7) is 2.14. The summed E-state index contributed by atoms with van der Waals surface area (Å²) in [6.07, 6.45) is -4.59. The summed E-state index contributed by atoms with van der Waals surface area (Å²) in [4.78, 5) is 45.8. The Morgan fingerprint density at radius 2 is 1.59 bits per heavy atom. The number of carboxylic acids is 1. The lowest BCUT2D eigenvalue weighted by Crippen LogP contribution is -2.29. The summed E-state index contributed by atoms with van der Waals surface area (Å²) in [7, 11) is 0. The van der Waals surface area contributed by atoms with Crippen molar-refractivity contribution in [2.45, 2.75) is 25.6 Å². The highest BCUT2D eigenvalue weighted by Gasteiger charge is 2.38. The zero-order valence-electron chi connectivity index (χ0n) is 17.8. The van der Waals surface area contributed by atoms with Gasteiger partial charge in [0, 0.05) is 23.4 Å². The first-order valence-electron chi connectivity index (χ1n) is 9.86. The van der Waals surface area contributed by atoms with Gasteiger partial charge in [-0.3, -0.25) is 14.4 Å². The molecule has 0 heterocycles. The molecule has 5 N–H and O–H groups in total. The van der Waals surface area contributed by atoms with Crippen LogP contribution in [0.25, 0.3) is 0 Å². The van der Waals surface area contributed by atoms with Crippen LogP contribution in [0, 0.1) is 0 Å². The van der Waals surface area contributed by atoms with Gasteiger partial charge in [-0.15, -0.1) is 0 Å². The van der Waals surface area contributed by atoms with Crippen LogP contribution >= 0.6 is 0 Å². The van der Waals surface area contributed by atoms with Crippen LogP contribution in [0.2, 0.25) is 0 Å². The van der Waals surface area contributed by atoms with E-state index in [1.165, 1.54) is 6.07 Å². The number of fused-ring (bicyclic) bond motifs is 2. The largest absolute Gasteiger partial charge is 0.507 e. The van der Waals surface area contributed by atoms with Crippen LogP contribution in [-0.4, -0.2) is 59.1 Å². The van der Waals surface area contributed by atoms with Gasteiger partial charge in [0.25, 0.3) is 0 Å². The van der Waals surface area contributed by atoms with Crippen molar-refractivity contribution in [3.8, 4) is 5.75 Å². The van der Waals surface area contributed by atoms with E-state index in [2.05, 4.69) is 5.32 Å². The van der Waals surface area contributed by atoms with Gasteiger partial charge in [0.1, 0.15) is 11.8 Å². The highest BCUT2D eigenvalue weighted by molar-refractivity contribution is 6.31. The number of nitrogens with two attached hydrogens (primary N) is 1. The number of esters is 1. The van der Waals surface area contributed by atoms with E-state index in [1.54, 1.807) is 37.3 Å². The highest BCUT2D eigenvalue weighted by atomic mass is 19.4. The molecule has 3 rings (SSSR count). The maximum absolute atomic E-state index is 12.9. The number of carboxylic acid groups (broad SMARTS) is 1. The van der Waals surface area contributed by atoms with Gasteiger partial charge in [-0.05, 0) is 25.5 Å². The Bertz CT molecular complexity index is 1110. The van der Waals surface area contributed by atoms with Gasteiger partial charge in [0.05, 0.1) is 17.7 Å². The molecular weight excluding hydrogens is 461 g/mol. The number of rotatable bonds is 6. The number of hydrogen-bond acceptors (Lipinski definition) is 8. The average Bonchev–Trinajstić information content (AvgIpc) is 2.77. The lowest BCUT2D eigenvalue weighted by molar-refractivity contribution is -0.192. The number of carbonyl (C=O) groups is 4. The number of ether oxygens (including phenoxy) is 1. The molecule has 0 bridgehead atoms. The van der Waals surface area contributed by atoms with Gasteiger partial charge in [0.15, 0.2) is 11.6 Å². The molecule has 1 aliphatic carbocycles. The van der Waals surface area contributed by atoms with Gasteiger partial charge in [-0.25, -0.2) is 4.79 Å². The molecular formula is C22H21F3N2O7. The summed E-state index contributed by atoms with van der Waals surface area (Å²) < 4.78 is 36.7. The minimum Gasteiger partial charge on any atom is -0.507 e. The van der Waals surface area contributed by atoms with E-state index in [1.807, 2.05) is 0 Å². The number of hydrogen-bond donors (Lipinski definition) is 4. The second kappa shape index (κ2) is 10.8. The Morgan fingerprint density at radius 1 is 1.06 bits per heavy atom. The van der Waals surface area contributed by atoms with Crippen molar-refractivity contribution in [2.24, 2.45) is 5.73 Å². The second-order valence-electron chi connectivity index (χ2n) is 7.13. The lowest BCUT2D eigenvalue weighted by atomic mass is 9.82. The smallest absolute Gasteiger partial charge is 0.490 e. The van der Waals surface area contributed by atoms with Crippen LogP contribution < -0.4 is 11.1 Å². The number of phenols is 1. The number of alkyl halides is 3. The number of halogens is 3. The maximum atomic E-state index is 12.9. The molecule has 2 aromatic carbocycles. The molecule has 1 atom stereocenters. The van der Waals surface area contributed by atoms with E-state index in [0.717, 1.165) is 0 Å². The van der Waals surface area contributed by atoms with E-state index < -0.39 is 24.2 Å². The monoisotopic (exact) mass is 482 g/mol. The SMILES string of the molecule is C[C@H](N)C(=O)OCCCNc1ccc(O)c2c1C(=O)c1ccccc1C2=O.O=C(O)C(F)(F)F. The third kappa shape index (κ3) is 6.10. The lowest BCUT2D eigenvalue weighted by Gasteiger charge is -2.21. The van der Waals surface area contributed by atoms with Crippen molar-refractivity contribution in [3.05, 3.63) is 58.7 Å². The van der Waals surface area contributed by atoms with Gasteiger partial charge in [-0.1, -0.05) is 24.3 Å². The Kier molecular flexibility index (Phi) is 8.36. The molecule has 12 heteroatoms. The predicted octanol–water partition coefficient (Wildman–Crippen LogP) is 2.49. The third-order valence-corrected chi connectivity index (χ3v) is 4.55. The highest BCUT2D eigenvalue weighted by Crippen LogP contribution is 2.36. The van der Waals surface area contributed by atoms with Crippen molar-refractivity contribution in [3.63, 3.8) is 0 Å². The van der Waals surface area contributed by atoms with E-state index >= 15 is 0 Å². The van der Waals surface area contributed by atoms with Crippen LogP contribution in [0.4, 0.5) is 18.9 Å². The summed E-state index contributed by atoms with van der Waals surface area (Å²) in [5.74, 6) is -4.16. The zero-order chi connectivity index (χ0) is 25.6. The van der Waals surface area contributed by atoms with Crippen LogP contribution in [0.3, 0.4) is 0 Å². The molecule has 0 spiro atoms. The van der Waals surface area contributed by atoms with E-state index in [-0.39, 0.29) is 40.6 Å². The summed E-state index contributed by atoms with van der Waals surface area (Å²) in [5, 5.41) is 20.4. The Hall–Kier alpha value is -3.93. The van der Waals surface area contributed by atoms with E-state index in [9.17, 15) is 32.7 Å². The van der Waals surface area contributed by atoms with Gasteiger partial charge < -0.3 is 26.0 Å². The van der Waals surface area contributed by atoms with Gasteiger partial charge in [0.2, 0.25) is 0 Å². The summed E-state index contributed by atoms with van der Waals surface area (Å²) in [6, 6.07) is 8.81. The minimum absolute atomic E-state index is 0.00656. The van der Waals surface area contributed by atoms with Crippen LogP contribution in [0.15, 0.2) is 36.4 Å². The van der Waals surface area contributed by atoms with Crippen molar-refractivity contribution in [1.82, 2.24) is 0 Å². The van der Waals surface area contributed by atoms with Crippen molar-refractivity contribution in [1.29, 1.82) is 0 Å².